The molecular formula is C6H15NO. The minimum absolute atomic E-state index is 0. The summed E-state index contributed by atoms with van der Waals surface area (Å²) in [7, 11) is 0. The summed E-state index contributed by atoms with van der Waals surface area (Å²) >= 11 is 0. The van der Waals surface area contributed by atoms with Crippen molar-refractivity contribution in [3.8, 4) is 0 Å². The average Bonchev–Trinajstić information content (AvgIpc) is 2.19. The molecule has 0 saturated carbocycles. The fraction of sp³-hybridized carbons (Fsp3) is 1.00. The highest BCUT2D eigenvalue weighted by atomic mass is 16.5. The maximum absolute atomic E-state index is 5.15. The molecule has 1 atom stereocenters. The zero-order chi connectivity index (χ0) is 5.82. The molecule has 0 aromatic rings. The van der Waals surface area contributed by atoms with Crippen LogP contribution in [0, 0.1) is 0 Å². The monoisotopic (exact) mass is 117 g/mol. The molecule has 0 spiro atoms. The molecule has 1 rings (SSSR count). The van der Waals surface area contributed by atoms with Crippen LogP contribution >= 0.6 is 0 Å². The Balaban J connectivity index is 0.000000640. The van der Waals surface area contributed by atoms with Crippen LogP contribution in [0.25, 0.3) is 0 Å². The minimum atomic E-state index is 0. The lowest BCUT2D eigenvalue weighted by molar-refractivity contribution is 0.190. The molecule has 50 valence electrons. The number of rotatable bonds is 2. The molecule has 1 aliphatic rings. The Hall–Kier alpha value is -0.0800. The summed E-state index contributed by atoms with van der Waals surface area (Å²) in [4.78, 5) is 0. The second-order valence-electron chi connectivity index (χ2n) is 2.12. The molecular weight excluding hydrogens is 102 g/mol. The summed E-state index contributed by atoms with van der Waals surface area (Å²) in [6.07, 6.45) is 1.19. The number of hydrogen-bond acceptors (Lipinski definition) is 2. The predicted octanol–water partition coefficient (Wildman–Crippen LogP) is 0.631. The van der Waals surface area contributed by atoms with Crippen LogP contribution in [-0.2, 0) is 4.74 Å². The third-order valence-electron chi connectivity index (χ3n) is 1.42. The second-order valence-corrected chi connectivity index (χ2v) is 2.12. The third-order valence-corrected chi connectivity index (χ3v) is 1.42. The van der Waals surface area contributed by atoms with Crippen LogP contribution in [0.2, 0.25) is 0 Å². The number of hydrogen-bond donors (Lipinski definition) is 1. The first kappa shape index (κ1) is 6.05. The zero-order valence-electron chi connectivity index (χ0n) is 5.31. The lowest BCUT2D eigenvalue weighted by Crippen LogP contribution is -2.28. The van der Waals surface area contributed by atoms with Gasteiger partial charge in [0.25, 0.3) is 0 Å². The van der Waals surface area contributed by atoms with Crippen LogP contribution in [-0.4, -0.2) is 25.8 Å². The van der Waals surface area contributed by atoms with E-state index in [1.165, 1.54) is 6.42 Å². The maximum atomic E-state index is 5.15. The van der Waals surface area contributed by atoms with Crippen molar-refractivity contribution in [1.29, 1.82) is 0 Å². The molecule has 1 aliphatic heterocycles. The van der Waals surface area contributed by atoms with E-state index in [0.29, 0.717) is 6.04 Å². The number of ether oxygens (including phenoxy) is 1. The fourth-order valence-electron chi connectivity index (χ4n) is 0.984. The van der Waals surface area contributed by atoms with E-state index in [1.807, 2.05) is 0 Å². The average molecular weight is 117 g/mol. The lowest BCUT2D eigenvalue weighted by Gasteiger charge is -2.05. The summed E-state index contributed by atoms with van der Waals surface area (Å²) in [6, 6.07) is 0.639. The Labute approximate surface area is 51.7 Å². The molecule has 0 aromatic carbocycles. The Morgan fingerprint density at radius 3 is 3.25 bits per heavy atom. The highest BCUT2D eigenvalue weighted by Gasteiger charge is 2.12. The van der Waals surface area contributed by atoms with Gasteiger partial charge in [0, 0.05) is 14.1 Å². The Morgan fingerprint density at radius 2 is 2.75 bits per heavy atom. The van der Waals surface area contributed by atoms with Crippen molar-refractivity contribution in [2.75, 3.05) is 19.8 Å². The second kappa shape index (κ2) is 3.05. The van der Waals surface area contributed by atoms with E-state index in [-0.39, 0.29) is 1.43 Å². The van der Waals surface area contributed by atoms with Gasteiger partial charge in [-0.1, -0.05) is 6.92 Å². The van der Waals surface area contributed by atoms with Gasteiger partial charge in [0.15, 0.2) is 0 Å². The minimum Gasteiger partial charge on any atom is -0.380 e. The van der Waals surface area contributed by atoms with Crippen molar-refractivity contribution in [1.82, 2.24) is 5.32 Å². The molecule has 0 amide bonds. The molecule has 1 saturated heterocycles. The van der Waals surface area contributed by atoms with Gasteiger partial charge < -0.3 is 10.1 Å². The quantitative estimate of drug-likeness (QED) is 0.573. The van der Waals surface area contributed by atoms with Gasteiger partial charge >= 0.3 is 0 Å². The summed E-state index contributed by atoms with van der Waals surface area (Å²) < 4.78 is 5.15. The van der Waals surface area contributed by atoms with Gasteiger partial charge in [0.1, 0.15) is 0 Å². The molecule has 1 heterocycles. The first-order chi connectivity index (χ1) is 3.93. The van der Waals surface area contributed by atoms with Crippen LogP contribution in [0.3, 0.4) is 0 Å². The van der Waals surface area contributed by atoms with Crippen molar-refractivity contribution in [3.63, 3.8) is 0 Å². The molecule has 2 nitrogen and oxygen atoms in total. The number of nitrogens with one attached hydrogen (secondary N) is 1. The summed E-state index contributed by atoms with van der Waals surface area (Å²) in [6.45, 7) is 5.04. The molecule has 0 radical (unpaired) electrons. The van der Waals surface area contributed by atoms with E-state index in [1.54, 1.807) is 0 Å². The molecule has 2 heteroatoms. The van der Waals surface area contributed by atoms with E-state index in [2.05, 4.69) is 12.2 Å². The topological polar surface area (TPSA) is 21.3 Å². The highest BCUT2D eigenvalue weighted by molar-refractivity contribution is 4.69. The molecule has 0 aliphatic carbocycles. The highest BCUT2D eigenvalue weighted by Crippen LogP contribution is 2.01. The standard InChI is InChI=1S/C6H13NO.H2/c1-2-7-6-3-4-8-5-6;/h6-7H,2-5H2,1H3;1H. The lowest BCUT2D eigenvalue weighted by atomic mass is 10.3. The van der Waals surface area contributed by atoms with Crippen LogP contribution in [0.4, 0.5) is 0 Å². The van der Waals surface area contributed by atoms with Crippen molar-refractivity contribution < 1.29 is 6.16 Å². The van der Waals surface area contributed by atoms with Crippen LogP contribution in [0.15, 0.2) is 0 Å². The zero-order valence-corrected chi connectivity index (χ0v) is 5.31. The van der Waals surface area contributed by atoms with Gasteiger partial charge in [-0.25, -0.2) is 0 Å². The van der Waals surface area contributed by atoms with Gasteiger partial charge in [-0.3, -0.25) is 0 Å². The fourth-order valence-corrected chi connectivity index (χ4v) is 0.984. The Kier molecular flexibility index (Phi) is 2.30. The normalized spacial score (nSPS) is 28.9. The molecule has 8 heavy (non-hydrogen) atoms. The van der Waals surface area contributed by atoms with E-state index < -0.39 is 0 Å². The van der Waals surface area contributed by atoms with E-state index in [0.717, 1.165) is 19.8 Å². The van der Waals surface area contributed by atoms with E-state index in [4.69, 9.17) is 4.74 Å². The Bertz CT molecular complexity index is 64.1. The van der Waals surface area contributed by atoms with Gasteiger partial charge in [-0.15, -0.1) is 0 Å². The Morgan fingerprint density at radius 1 is 1.88 bits per heavy atom. The SMILES string of the molecule is CCNC1CCOC1.[HH]. The van der Waals surface area contributed by atoms with Gasteiger partial charge in [-0.2, -0.15) is 0 Å². The van der Waals surface area contributed by atoms with Gasteiger partial charge in [0.05, 0.1) is 6.61 Å². The van der Waals surface area contributed by atoms with E-state index in [9.17, 15) is 0 Å². The first-order valence-corrected chi connectivity index (χ1v) is 3.24. The summed E-state index contributed by atoms with van der Waals surface area (Å²) in [5, 5.41) is 3.32. The van der Waals surface area contributed by atoms with Crippen molar-refractivity contribution >= 4 is 0 Å². The van der Waals surface area contributed by atoms with Crippen LogP contribution in [0.5, 0.6) is 0 Å². The smallest absolute Gasteiger partial charge is 0.0620 e. The van der Waals surface area contributed by atoms with Crippen LogP contribution < -0.4 is 5.32 Å². The van der Waals surface area contributed by atoms with Crippen LogP contribution in [0.1, 0.15) is 14.8 Å². The van der Waals surface area contributed by atoms with Gasteiger partial charge in [-0.05, 0) is 13.0 Å². The largest absolute Gasteiger partial charge is 0.380 e. The maximum Gasteiger partial charge on any atom is 0.0620 e. The van der Waals surface area contributed by atoms with Crippen molar-refractivity contribution in [2.45, 2.75) is 19.4 Å². The third kappa shape index (κ3) is 1.46. The molecule has 0 bridgehead atoms. The molecule has 1 unspecified atom stereocenters. The van der Waals surface area contributed by atoms with E-state index >= 15 is 0 Å². The van der Waals surface area contributed by atoms with Crippen molar-refractivity contribution in [2.24, 2.45) is 0 Å². The van der Waals surface area contributed by atoms with Crippen molar-refractivity contribution in [3.05, 3.63) is 0 Å². The van der Waals surface area contributed by atoms with Gasteiger partial charge in [0.2, 0.25) is 0 Å². The molecule has 1 fully saturated rings. The molecule has 0 aromatic heterocycles. The first-order valence-electron chi connectivity index (χ1n) is 3.24. The molecule has 1 N–H and O–H groups in total. The predicted molar refractivity (Wildman–Crippen MR) is 35.0 cm³/mol. The number of likely N-dealkylation sites (N-methyl/N-ethyl adjacent to an activating group) is 1. The summed E-state index contributed by atoms with van der Waals surface area (Å²) in [5.74, 6) is 0. The summed E-state index contributed by atoms with van der Waals surface area (Å²) in [5.41, 5.74) is 0.